The van der Waals surface area contributed by atoms with E-state index in [9.17, 15) is 18.8 Å². The van der Waals surface area contributed by atoms with Gasteiger partial charge in [-0.1, -0.05) is 17.7 Å². The van der Waals surface area contributed by atoms with Crippen molar-refractivity contribution in [3.8, 4) is 23.0 Å². The highest BCUT2D eigenvalue weighted by atomic mass is 35.5. The van der Waals surface area contributed by atoms with Crippen LogP contribution in [0.4, 0.5) is 5.95 Å². The van der Waals surface area contributed by atoms with E-state index in [0.717, 1.165) is 31.2 Å². The molecular weight excluding hydrogens is 564 g/mol. The van der Waals surface area contributed by atoms with Crippen LogP contribution in [-0.2, 0) is 16.6 Å². The molecule has 2 fully saturated rings. The van der Waals surface area contributed by atoms with Gasteiger partial charge in [-0.05, 0) is 62.1 Å². The maximum absolute atomic E-state index is 11.8. The molecule has 2 aromatic heterocycles. The molecule has 41 heavy (non-hydrogen) atoms. The lowest BCUT2D eigenvalue weighted by Gasteiger charge is -2.30. The Balaban J connectivity index is 1.25. The van der Waals surface area contributed by atoms with Crippen molar-refractivity contribution in [3.05, 3.63) is 52.9 Å². The molecule has 5 rings (SSSR count). The van der Waals surface area contributed by atoms with Crippen LogP contribution in [0.25, 0.3) is 16.9 Å². The molecule has 0 unspecified atom stereocenters. The summed E-state index contributed by atoms with van der Waals surface area (Å²) in [6.45, 7) is 1.87. The zero-order valence-electron chi connectivity index (χ0n) is 23.0. The molecule has 0 bridgehead atoms. The Hall–Kier alpha value is -3.08. The first-order valence-corrected chi connectivity index (χ1v) is 16.1. The third-order valence-electron chi connectivity index (χ3n) is 7.98. The first kappa shape index (κ1) is 29.4. The number of rotatable bonds is 9. The van der Waals surface area contributed by atoms with E-state index in [1.54, 1.807) is 17.1 Å². The van der Waals surface area contributed by atoms with Crippen molar-refractivity contribution in [2.45, 2.75) is 57.2 Å². The van der Waals surface area contributed by atoms with Gasteiger partial charge in [0.15, 0.2) is 0 Å². The fraction of sp³-hybridized carbons (Fsp3) is 0.500. The highest BCUT2D eigenvalue weighted by Crippen LogP contribution is 2.28. The summed E-state index contributed by atoms with van der Waals surface area (Å²) in [6.07, 6.45) is 11.7. The van der Waals surface area contributed by atoms with Crippen LogP contribution in [0.2, 0.25) is 5.02 Å². The highest BCUT2D eigenvalue weighted by molar-refractivity contribution is 7.88. The second-order valence-electron chi connectivity index (χ2n) is 10.9. The fourth-order valence-electron chi connectivity index (χ4n) is 5.50. The summed E-state index contributed by atoms with van der Waals surface area (Å²) < 4.78 is 26.7. The van der Waals surface area contributed by atoms with Gasteiger partial charge in [0.05, 0.1) is 40.6 Å². The minimum absolute atomic E-state index is 0.0268. The number of nitrogens with zero attached hydrogens (tertiary/aromatic N) is 6. The lowest BCUT2D eigenvalue weighted by Crippen LogP contribution is -2.42. The van der Waals surface area contributed by atoms with Crippen molar-refractivity contribution in [1.82, 2.24) is 29.4 Å². The zero-order valence-corrected chi connectivity index (χ0v) is 24.6. The van der Waals surface area contributed by atoms with E-state index in [1.807, 2.05) is 18.2 Å². The van der Waals surface area contributed by atoms with Gasteiger partial charge in [0.2, 0.25) is 16.0 Å². The van der Waals surface area contributed by atoms with Crippen molar-refractivity contribution in [1.29, 1.82) is 5.26 Å². The molecule has 0 radical (unpaired) electrons. The van der Waals surface area contributed by atoms with Crippen LogP contribution in [0, 0.1) is 17.2 Å². The van der Waals surface area contributed by atoms with Crippen LogP contribution < -0.4 is 10.6 Å². The quantitative estimate of drug-likeness (QED) is 0.337. The van der Waals surface area contributed by atoms with Crippen LogP contribution in [0.5, 0.6) is 0 Å². The van der Waals surface area contributed by atoms with Gasteiger partial charge in [-0.2, -0.15) is 10.4 Å². The first-order chi connectivity index (χ1) is 19.7. The minimum Gasteiger partial charge on any atom is -0.396 e. The number of aliphatic hydroxyl groups excluding tert-OH is 1. The van der Waals surface area contributed by atoms with Crippen LogP contribution in [-0.4, -0.2) is 75.6 Å². The van der Waals surface area contributed by atoms with Gasteiger partial charge in [0, 0.05) is 50.1 Å². The van der Waals surface area contributed by atoms with Crippen LogP contribution in [0.3, 0.4) is 0 Å². The molecule has 3 N–H and O–H groups in total. The highest BCUT2D eigenvalue weighted by Gasteiger charge is 2.26. The first-order valence-electron chi connectivity index (χ1n) is 13.9. The Bertz CT molecular complexity index is 1510. The van der Waals surface area contributed by atoms with E-state index in [2.05, 4.69) is 31.8 Å². The van der Waals surface area contributed by atoms with Crippen LogP contribution in [0.15, 0.2) is 36.8 Å². The molecule has 0 amide bonds. The molecule has 218 valence electrons. The largest absolute Gasteiger partial charge is 0.396 e. The molecular formula is C28H35ClN8O3S. The summed E-state index contributed by atoms with van der Waals surface area (Å²) in [7, 11) is -3.20. The molecule has 1 saturated heterocycles. The molecule has 1 aliphatic heterocycles. The van der Waals surface area contributed by atoms with Gasteiger partial charge in [0.25, 0.3) is 0 Å². The maximum atomic E-state index is 11.8. The third kappa shape index (κ3) is 7.23. The van der Waals surface area contributed by atoms with Gasteiger partial charge >= 0.3 is 0 Å². The number of aromatic nitrogens is 4. The van der Waals surface area contributed by atoms with Gasteiger partial charge in [-0.3, -0.25) is 0 Å². The molecule has 0 spiro atoms. The van der Waals surface area contributed by atoms with Crippen LogP contribution in [0.1, 0.15) is 49.7 Å². The number of hydrogen-bond acceptors (Lipinski definition) is 9. The predicted molar refractivity (Wildman–Crippen MR) is 157 cm³/mol. The number of hydrogen-bond donors (Lipinski definition) is 3. The predicted octanol–water partition coefficient (Wildman–Crippen LogP) is 3.33. The minimum atomic E-state index is -3.20. The summed E-state index contributed by atoms with van der Waals surface area (Å²) in [6, 6.07) is 8.52. The van der Waals surface area contributed by atoms with Crippen molar-refractivity contribution < 1.29 is 13.5 Å². The van der Waals surface area contributed by atoms with Gasteiger partial charge < -0.3 is 15.7 Å². The van der Waals surface area contributed by atoms with Gasteiger partial charge in [0.1, 0.15) is 6.07 Å². The molecule has 0 atom stereocenters. The average molecular weight is 599 g/mol. The fourth-order valence-corrected chi connectivity index (χ4v) is 6.67. The number of piperidine rings is 1. The Morgan fingerprint density at radius 3 is 2.54 bits per heavy atom. The molecule has 11 nitrogen and oxygen atoms in total. The van der Waals surface area contributed by atoms with Crippen LogP contribution >= 0.6 is 11.6 Å². The number of sulfonamides is 1. The molecule has 1 saturated carbocycles. The second-order valence-corrected chi connectivity index (χ2v) is 13.3. The normalized spacial score (nSPS) is 20.5. The maximum Gasteiger partial charge on any atom is 0.223 e. The van der Waals surface area contributed by atoms with E-state index in [1.165, 1.54) is 16.8 Å². The molecule has 1 aliphatic carbocycles. The second kappa shape index (κ2) is 12.8. The van der Waals surface area contributed by atoms with E-state index in [-0.39, 0.29) is 12.6 Å². The number of benzene rings is 1. The number of anilines is 1. The number of aliphatic hydroxyl groups is 1. The van der Waals surface area contributed by atoms with Crippen molar-refractivity contribution in [2.75, 3.05) is 31.3 Å². The molecule has 1 aromatic carbocycles. The van der Waals surface area contributed by atoms with Crippen molar-refractivity contribution in [3.63, 3.8) is 0 Å². The monoisotopic (exact) mass is 598 g/mol. The number of halogens is 1. The topological polar surface area (TPSA) is 149 Å². The number of nitriles is 1. The number of nitrogens with one attached hydrogen (secondary N) is 2. The standard InChI is InChI=1S/C28H35ClN8O3S/c1-41(39,40)36-10-8-24(9-11-36)34-28-32-15-21(13-30)27(35-28)22-16-33-37(17-22)26-7-4-20(12-25(26)29)14-31-23-5-2-19(18-38)3-6-23/h4,7,12,15-17,19,23-24,31,38H,2-3,5-6,8-11,14,18H2,1H3,(H,32,34,35). The Kier molecular flexibility index (Phi) is 9.21. The zero-order chi connectivity index (χ0) is 29.0. The summed E-state index contributed by atoms with van der Waals surface area (Å²) in [5.41, 5.74) is 3.23. The summed E-state index contributed by atoms with van der Waals surface area (Å²) >= 11 is 6.66. The van der Waals surface area contributed by atoms with E-state index in [0.29, 0.717) is 77.9 Å². The lowest BCUT2D eigenvalue weighted by atomic mass is 9.86. The van der Waals surface area contributed by atoms with Crippen molar-refractivity contribution in [2.24, 2.45) is 5.92 Å². The van der Waals surface area contributed by atoms with Crippen molar-refractivity contribution >= 4 is 27.6 Å². The van der Waals surface area contributed by atoms with E-state index >= 15 is 0 Å². The Labute approximate surface area is 245 Å². The molecule has 2 aliphatic rings. The summed E-state index contributed by atoms with van der Waals surface area (Å²) in [4.78, 5) is 8.92. The molecule has 3 heterocycles. The Morgan fingerprint density at radius 2 is 1.88 bits per heavy atom. The third-order valence-corrected chi connectivity index (χ3v) is 9.59. The molecule has 13 heteroatoms. The Morgan fingerprint density at radius 1 is 1.12 bits per heavy atom. The van der Waals surface area contributed by atoms with E-state index < -0.39 is 10.0 Å². The lowest BCUT2D eigenvalue weighted by molar-refractivity contribution is 0.175. The average Bonchev–Trinajstić information content (AvgIpc) is 3.46. The summed E-state index contributed by atoms with van der Waals surface area (Å²) in [5.74, 6) is 0.812. The van der Waals surface area contributed by atoms with Gasteiger partial charge in [-0.25, -0.2) is 27.4 Å². The smallest absolute Gasteiger partial charge is 0.223 e. The summed E-state index contributed by atoms with van der Waals surface area (Å²) in [5, 5.41) is 31.0. The van der Waals surface area contributed by atoms with E-state index in [4.69, 9.17) is 11.6 Å². The SMILES string of the molecule is CS(=O)(=O)N1CCC(Nc2ncc(C#N)c(-c3cnn(-c4ccc(CNC5CCC(CO)CC5)cc4Cl)c3)n2)CC1. The van der Waals surface area contributed by atoms with Gasteiger partial charge in [-0.15, -0.1) is 0 Å². The molecule has 3 aromatic rings.